The fraction of sp³-hybridized carbons (Fsp3) is 0.250. The number of hydrogen-bond donors (Lipinski definition) is 1. The number of aromatic nitrogens is 4. The molecule has 2 aromatic heterocycles. The van der Waals surface area contributed by atoms with Crippen LogP contribution in [0.4, 0.5) is 5.95 Å². The van der Waals surface area contributed by atoms with Crippen molar-refractivity contribution in [3.8, 4) is 0 Å². The first-order valence-electron chi connectivity index (χ1n) is 10.4. The highest BCUT2D eigenvalue weighted by Crippen LogP contribution is 2.19. The summed E-state index contributed by atoms with van der Waals surface area (Å²) in [5, 5.41) is 3.01. The predicted molar refractivity (Wildman–Crippen MR) is 128 cm³/mol. The quantitative estimate of drug-likeness (QED) is 0.434. The Hall–Kier alpha value is -3.26. The van der Waals surface area contributed by atoms with Crippen LogP contribution >= 0.6 is 15.9 Å². The van der Waals surface area contributed by atoms with Crippen molar-refractivity contribution in [3.05, 3.63) is 91.8 Å². The van der Waals surface area contributed by atoms with E-state index in [9.17, 15) is 9.59 Å². The van der Waals surface area contributed by atoms with Crippen LogP contribution < -0.4 is 10.5 Å². The number of aryl methyl sites for hydroxylation is 1. The summed E-state index contributed by atoms with van der Waals surface area (Å²) in [7, 11) is 0. The maximum Gasteiger partial charge on any atom is 0.277 e. The van der Waals surface area contributed by atoms with Crippen LogP contribution in [0.2, 0.25) is 0 Å². The number of halogens is 1. The van der Waals surface area contributed by atoms with Gasteiger partial charge in [-0.2, -0.15) is 9.50 Å². The van der Waals surface area contributed by atoms with Crippen LogP contribution in [0.25, 0.3) is 5.78 Å². The number of aromatic amines is 1. The van der Waals surface area contributed by atoms with E-state index in [2.05, 4.69) is 31.0 Å². The maximum absolute atomic E-state index is 13.2. The number of amides is 1. The van der Waals surface area contributed by atoms with E-state index in [4.69, 9.17) is 0 Å². The van der Waals surface area contributed by atoms with Gasteiger partial charge in [0.1, 0.15) is 0 Å². The first kappa shape index (κ1) is 22.0. The van der Waals surface area contributed by atoms with E-state index >= 15 is 0 Å². The second-order valence-corrected chi connectivity index (χ2v) is 8.95. The number of hydrogen-bond acceptors (Lipinski definition) is 4. The zero-order chi connectivity index (χ0) is 22.8. The summed E-state index contributed by atoms with van der Waals surface area (Å²) >= 11 is 3.43. The number of carbonyl (C=O) groups excluding carboxylic acids is 1. The lowest BCUT2D eigenvalue weighted by Crippen LogP contribution is -2.34. The van der Waals surface area contributed by atoms with E-state index in [1.807, 2.05) is 75.4 Å². The van der Waals surface area contributed by atoms with E-state index in [1.54, 1.807) is 4.90 Å². The summed E-state index contributed by atoms with van der Waals surface area (Å²) in [6, 6.07) is 17.5. The molecule has 0 aliphatic carbocycles. The largest absolute Gasteiger partial charge is 0.277 e. The minimum atomic E-state index is -0.237. The van der Waals surface area contributed by atoms with E-state index in [1.165, 1.54) is 4.52 Å². The smallest absolute Gasteiger partial charge is 0.276 e. The van der Waals surface area contributed by atoms with Crippen LogP contribution in [-0.2, 0) is 17.8 Å². The zero-order valence-electron chi connectivity index (χ0n) is 18.2. The molecule has 0 bridgehead atoms. The Morgan fingerprint density at radius 2 is 1.75 bits per heavy atom. The molecule has 0 aliphatic heterocycles. The second-order valence-electron chi connectivity index (χ2n) is 8.03. The van der Waals surface area contributed by atoms with E-state index < -0.39 is 0 Å². The van der Waals surface area contributed by atoms with Gasteiger partial charge >= 0.3 is 0 Å². The summed E-state index contributed by atoms with van der Waals surface area (Å²) in [4.78, 5) is 36.8. The molecule has 2 aromatic carbocycles. The molecule has 0 spiro atoms. The standard InChI is InChI=1S/C24H24BrN5O2/c1-15(2)21(31)29(14-18-9-11-19(25)12-10-18)24-27-23-26-16(3)20(22(32)30(23)28-24)13-17-7-5-4-6-8-17/h4-12,15H,13-14H2,1-3H3,(H,26,27,28). The molecule has 7 nitrogen and oxygen atoms in total. The Labute approximate surface area is 194 Å². The van der Waals surface area contributed by atoms with Crippen LogP contribution in [0.5, 0.6) is 0 Å². The van der Waals surface area contributed by atoms with Crippen molar-refractivity contribution in [2.24, 2.45) is 5.92 Å². The molecular formula is C24H24BrN5O2. The van der Waals surface area contributed by atoms with E-state index in [-0.39, 0.29) is 23.2 Å². The highest BCUT2D eigenvalue weighted by Gasteiger charge is 2.24. The van der Waals surface area contributed by atoms with Crippen LogP contribution in [0.15, 0.2) is 63.9 Å². The average Bonchev–Trinajstić information content (AvgIpc) is 3.20. The zero-order valence-corrected chi connectivity index (χ0v) is 19.8. The van der Waals surface area contributed by atoms with Crippen molar-refractivity contribution in [2.75, 3.05) is 4.90 Å². The van der Waals surface area contributed by atoms with Gasteiger partial charge in [-0.25, -0.2) is 4.98 Å². The van der Waals surface area contributed by atoms with Crippen LogP contribution in [0.3, 0.4) is 0 Å². The number of H-pyrrole nitrogens is 1. The molecular weight excluding hydrogens is 470 g/mol. The highest BCUT2D eigenvalue weighted by atomic mass is 79.9. The number of nitrogens with zero attached hydrogens (tertiary/aromatic N) is 4. The molecule has 32 heavy (non-hydrogen) atoms. The molecule has 4 rings (SSSR count). The van der Waals surface area contributed by atoms with Gasteiger partial charge in [0.2, 0.25) is 11.9 Å². The van der Waals surface area contributed by atoms with Gasteiger partial charge in [0.15, 0.2) is 0 Å². The molecule has 4 aromatic rings. The number of fused-ring (bicyclic) bond motifs is 1. The van der Waals surface area contributed by atoms with Crippen LogP contribution in [0.1, 0.15) is 36.2 Å². The fourth-order valence-electron chi connectivity index (χ4n) is 3.51. The van der Waals surface area contributed by atoms with Crippen molar-refractivity contribution in [1.29, 1.82) is 0 Å². The summed E-state index contributed by atoms with van der Waals surface area (Å²) in [5.74, 6) is 0.212. The highest BCUT2D eigenvalue weighted by molar-refractivity contribution is 9.10. The lowest BCUT2D eigenvalue weighted by molar-refractivity contribution is -0.121. The molecule has 0 atom stereocenters. The van der Waals surface area contributed by atoms with Gasteiger partial charge in [0.25, 0.3) is 11.3 Å². The number of anilines is 1. The number of carbonyl (C=O) groups is 1. The fourth-order valence-corrected chi connectivity index (χ4v) is 3.77. The molecule has 0 fully saturated rings. The molecule has 1 N–H and O–H groups in total. The lowest BCUT2D eigenvalue weighted by atomic mass is 10.1. The summed E-state index contributed by atoms with van der Waals surface area (Å²) in [5.41, 5.74) is 2.99. The van der Waals surface area contributed by atoms with Gasteiger partial charge in [0.05, 0.1) is 12.2 Å². The van der Waals surface area contributed by atoms with E-state index in [0.29, 0.717) is 30.2 Å². The van der Waals surface area contributed by atoms with Crippen molar-refractivity contribution in [2.45, 2.75) is 33.7 Å². The Morgan fingerprint density at radius 1 is 1.06 bits per heavy atom. The van der Waals surface area contributed by atoms with Crippen LogP contribution in [0, 0.1) is 12.8 Å². The Morgan fingerprint density at radius 3 is 2.41 bits per heavy atom. The molecule has 0 aliphatic rings. The molecule has 0 saturated carbocycles. The van der Waals surface area contributed by atoms with Gasteiger partial charge < -0.3 is 0 Å². The number of nitrogens with one attached hydrogen (secondary N) is 1. The summed E-state index contributed by atoms with van der Waals surface area (Å²) in [6.45, 7) is 5.82. The molecule has 0 unspecified atom stereocenters. The lowest BCUT2D eigenvalue weighted by Gasteiger charge is -2.21. The second kappa shape index (κ2) is 9.08. The Bertz CT molecular complexity index is 1310. The van der Waals surface area contributed by atoms with Gasteiger partial charge in [-0.05, 0) is 30.2 Å². The normalized spacial score (nSPS) is 11.3. The minimum Gasteiger partial charge on any atom is -0.276 e. The number of rotatable bonds is 6. The van der Waals surface area contributed by atoms with Crippen LogP contribution in [-0.4, -0.2) is 25.5 Å². The van der Waals surface area contributed by atoms with Gasteiger partial charge in [-0.15, -0.1) is 0 Å². The van der Waals surface area contributed by atoms with Crippen molar-refractivity contribution >= 4 is 33.6 Å². The third-order valence-electron chi connectivity index (χ3n) is 5.28. The molecule has 1 amide bonds. The molecule has 164 valence electrons. The van der Waals surface area contributed by atoms with Crippen molar-refractivity contribution in [3.63, 3.8) is 0 Å². The third-order valence-corrected chi connectivity index (χ3v) is 5.81. The Balaban J connectivity index is 1.75. The van der Waals surface area contributed by atoms with Crippen molar-refractivity contribution in [1.82, 2.24) is 19.6 Å². The number of benzene rings is 2. The Kier molecular flexibility index (Phi) is 6.23. The van der Waals surface area contributed by atoms with Gasteiger partial charge in [-0.3, -0.25) is 19.6 Å². The first-order chi connectivity index (χ1) is 15.3. The topological polar surface area (TPSA) is 83.4 Å². The minimum absolute atomic E-state index is 0.0961. The maximum atomic E-state index is 13.2. The predicted octanol–water partition coefficient (Wildman–Crippen LogP) is 4.27. The molecule has 8 heteroatoms. The van der Waals surface area contributed by atoms with Crippen molar-refractivity contribution < 1.29 is 4.79 Å². The molecule has 2 heterocycles. The molecule has 0 radical (unpaired) electrons. The van der Waals surface area contributed by atoms with Gasteiger partial charge in [0, 0.05) is 22.4 Å². The molecule has 0 saturated heterocycles. The summed E-state index contributed by atoms with van der Waals surface area (Å²) in [6.07, 6.45) is 0.476. The SMILES string of the molecule is Cc1nc2nc(N(Cc3ccc(Br)cc3)C(=O)C(C)C)[nH]n2c(=O)c1Cc1ccccc1. The first-order valence-corrected chi connectivity index (χ1v) is 11.2. The monoisotopic (exact) mass is 493 g/mol. The average molecular weight is 494 g/mol. The van der Waals surface area contributed by atoms with E-state index in [0.717, 1.165) is 15.6 Å². The summed E-state index contributed by atoms with van der Waals surface area (Å²) < 4.78 is 2.28. The van der Waals surface area contributed by atoms with Gasteiger partial charge in [-0.1, -0.05) is 72.2 Å². The third kappa shape index (κ3) is 4.50.